The maximum Gasteiger partial charge on any atom is -1.00 e. The molecule has 9 heteroatoms. The molecule has 0 bridgehead atoms. The number of benzene rings is 3. The molecule has 0 aromatic heterocycles. The number of hydrogen-bond donors (Lipinski definition) is 0. The average Bonchev–Trinajstić information content (AvgIpc) is 3.81. The Balaban J connectivity index is 0.00000283. The fourth-order valence-electron chi connectivity index (χ4n) is 11.9. The summed E-state index contributed by atoms with van der Waals surface area (Å²) in [6.07, 6.45) is 7.13. The zero-order chi connectivity index (χ0) is 40.4. The predicted octanol–water partition coefficient (Wildman–Crippen LogP) is 8.40. The zero-order valence-electron chi connectivity index (χ0n) is 34.2. The van der Waals surface area contributed by atoms with Gasteiger partial charge in [-0.3, -0.25) is 0 Å². The van der Waals surface area contributed by atoms with E-state index in [0.717, 1.165) is 46.7 Å². The van der Waals surface area contributed by atoms with Gasteiger partial charge in [0.1, 0.15) is 0 Å². The fourth-order valence-corrected chi connectivity index (χ4v) is 23.5. The molecule has 0 radical (unpaired) electrons. The normalized spacial score (nSPS) is 26.1. The number of fused-ring (bicyclic) bond motifs is 6. The van der Waals surface area contributed by atoms with Crippen molar-refractivity contribution >= 4 is 8.78 Å². The summed E-state index contributed by atoms with van der Waals surface area (Å²) in [6.45, 7) is 19.6. The zero-order valence-corrected chi connectivity index (χ0v) is 38.2. The molecule has 3 aromatic carbocycles. The Morgan fingerprint density at radius 1 is 0.655 bits per heavy atom. The summed E-state index contributed by atoms with van der Waals surface area (Å²) in [5.41, 5.74) is 6.87. The minimum Gasteiger partial charge on any atom is -1.00 e. The average molecular weight is 915 g/mol. The van der Waals surface area contributed by atoms with Crippen LogP contribution < -0.4 is 24.8 Å². The molecule has 1 fully saturated rings. The van der Waals surface area contributed by atoms with E-state index in [1.54, 1.807) is 24.3 Å². The second-order valence-corrected chi connectivity index (χ2v) is 25.8. The van der Waals surface area contributed by atoms with Crippen molar-refractivity contribution < 1.29 is 72.4 Å². The molecule has 3 atom stereocenters. The summed E-state index contributed by atoms with van der Waals surface area (Å²) in [5.74, 6) is 0.233. The molecular formula is C49H50Cl2F6Zr. The number of allylic oxidation sites excluding steroid dienone is 10. The first kappa shape index (κ1) is 44.8. The van der Waals surface area contributed by atoms with Crippen molar-refractivity contribution in [3.8, 4) is 0 Å². The molecule has 5 aliphatic carbocycles. The number of alkyl halides is 6. The van der Waals surface area contributed by atoms with Crippen molar-refractivity contribution in [1.29, 1.82) is 0 Å². The van der Waals surface area contributed by atoms with Crippen molar-refractivity contribution in [2.45, 2.75) is 93.8 Å². The smallest absolute Gasteiger partial charge is 1.00 e. The maximum atomic E-state index is 14.1. The van der Waals surface area contributed by atoms with E-state index in [2.05, 4.69) is 116 Å². The standard InChI is InChI=1S/C29H37.C15H8F6.C5H5.2ClH.Zr/c1-18-25-22-17-19-13-9-10-14-20(19)24(22)21-15-11-12-16-23(21)29(25,8)28(6,7)27(4,5)26(18,2)3;16-14(17,18)12-5-1-10(2-6-12)9-11-3-7-13(8-4-11)15(19,20)21;1-2-4-5-3-1;;;/h9-11,13-15,23H,12,16-17H2,1-8H3;1-8H;1-5H;2*1H;/q;;;;;+2/p-2. The predicted molar refractivity (Wildman–Crippen MR) is 212 cm³/mol. The molecule has 0 N–H and O–H groups in total. The maximum absolute atomic E-state index is 14.1. The van der Waals surface area contributed by atoms with E-state index in [9.17, 15) is 26.3 Å². The van der Waals surface area contributed by atoms with Crippen molar-refractivity contribution in [1.82, 2.24) is 0 Å². The van der Waals surface area contributed by atoms with Crippen molar-refractivity contribution in [3.05, 3.63) is 159 Å². The Kier molecular flexibility index (Phi) is 11.4. The Labute approximate surface area is 359 Å². The monoisotopic (exact) mass is 912 g/mol. The van der Waals surface area contributed by atoms with Gasteiger partial charge in [0, 0.05) is 0 Å². The summed E-state index contributed by atoms with van der Waals surface area (Å²) in [5, 5.41) is 0. The largest absolute Gasteiger partial charge is 1.00 e. The Morgan fingerprint density at radius 2 is 1.17 bits per heavy atom. The Bertz CT molecular complexity index is 2240. The van der Waals surface area contributed by atoms with Gasteiger partial charge < -0.3 is 24.8 Å². The Hall–Kier alpha value is -2.73. The number of hydrogen-bond acceptors (Lipinski definition) is 0. The van der Waals surface area contributed by atoms with Crippen molar-refractivity contribution in [2.75, 3.05) is 0 Å². The topological polar surface area (TPSA) is 0 Å². The molecule has 0 amide bonds. The van der Waals surface area contributed by atoms with Crippen LogP contribution in [0, 0.1) is 27.6 Å². The molecule has 0 spiro atoms. The van der Waals surface area contributed by atoms with Gasteiger partial charge in [-0.2, -0.15) is 0 Å². The molecule has 306 valence electrons. The molecule has 0 nitrogen and oxygen atoms in total. The second-order valence-electron chi connectivity index (χ2n) is 18.5. The van der Waals surface area contributed by atoms with E-state index >= 15 is 0 Å². The van der Waals surface area contributed by atoms with E-state index < -0.39 is 47.9 Å². The van der Waals surface area contributed by atoms with Crippen LogP contribution in [0.2, 0.25) is 6.75 Å². The van der Waals surface area contributed by atoms with E-state index in [1.807, 2.05) is 0 Å². The van der Waals surface area contributed by atoms with Gasteiger partial charge in [-0.05, 0) is 0 Å². The summed E-state index contributed by atoms with van der Waals surface area (Å²) in [4.78, 5) is 0. The van der Waals surface area contributed by atoms with Crippen LogP contribution in [0.15, 0.2) is 126 Å². The summed E-state index contributed by atoms with van der Waals surface area (Å²) in [6, 6.07) is 19.6. The summed E-state index contributed by atoms with van der Waals surface area (Å²) in [7, 11) is 0. The molecule has 0 aliphatic heterocycles. The third-order valence-corrected chi connectivity index (χ3v) is 26.2. The molecular weight excluding hydrogens is 865 g/mol. The van der Waals surface area contributed by atoms with E-state index in [-0.39, 0.29) is 56.0 Å². The SMILES string of the molecule is CC12C(=C3Cc4ccccc4C3=C3C=CCCC31)[C](C)([Zr+2](=[C](c1ccc(C(F)(F)F)cc1)c1ccc(C(F)(F)F)cc1)[CH]1C=CC=C1)C(C)(C)C(C)(C)C2(C)C.[Cl-].[Cl-]. The third kappa shape index (κ3) is 6.12. The van der Waals surface area contributed by atoms with Gasteiger partial charge >= 0.3 is 337 Å². The molecule has 5 aliphatic rings. The van der Waals surface area contributed by atoms with E-state index in [1.165, 1.54) is 33.4 Å². The number of halogens is 8. The molecule has 3 aromatic rings. The van der Waals surface area contributed by atoms with Crippen LogP contribution in [0.3, 0.4) is 0 Å². The molecule has 58 heavy (non-hydrogen) atoms. The Morgan fingerprint density at radius 3 is 1.69 bits per heavy atom. The number of rotatable bonds is 4. The molecule has 8 rings (SSSR count). The fraction of sp³-hybridized carbons (Fsp3) is 0.408. The van der Waals surface area contributed by atoms with E-state index in [4.69, 9.17) is 0 Å². The van der Waals surface area contributed by atoms with Crippen LogP contribution in [0.25, 0.3) is 5.57 Å². The first-order valence-corrected chi connectivity index (χ1v) is 23.7. The minimum absolute atomic E-state index is 0. The molecule has 0 heterocycles. The third-order valence-electron chi connectivity index (χ3n) is 16.1. The van der Waals surface area contributed by atoms with Crippen molar-refractivity contribution in [2.24, 2.45) is 27.6 Å². The quantitative estimate of drug-likeness (QED) is 0.231. The van der Waals surface area contributed by atoms with Gasteiger partial charge in [0.15, 0.2) is 0 Å². The molecule has 0 saturated heterocycles. The van der Waals surface area contributed by atoms with E-state index in [0.29, 0.717) is 11.1 Å². The van der Waals surface area contributed by atoms with Crippen LogP contribution in [0.1, 0.15) is 102 Å². The second kappa shape index (κ2) is 14.7. The minimum atomic E-state index is -4.53. The first-order valence-electron chi connectivity index (χ1n) is 19.8. The van der Waals surface area contributed by atoms with Gasteiger partial charge in [0.25, 0.3) is 0 Å². The van der Waals surface area contributed by atoms with Crippen LogP contribution in [-0.2, 0) is 40.0 Å². The van der Waals surface area contributed by atoms with Gasteiger partial charge in [-0.1, -0.05) is 0 Å². The van der Waals surface area contributed by atoms with Crippen molar-refractivity contribution in [3.63, 3.8) is 0 Å². The van der Waals surface area contributed by atoms with Gasteiger partial charge in [0.2, 0.25) is 0 Å². The first-order chi connectivity index (χ1) is 26.1. The summed E-state index contributed by atoms with van der Waals surface area (Å²) >= 11 is -3.64. The van der Waals surface area contributed by atoms with Crippen LogP contribution in [0.4, 0.5) is 26.3 Å². The van der Waals surface area contributed by atoms with Crippen LogP contribution >= 0.6 is 0 Å². The summed E-state index contributed by atoms with van der Waals surface area (Å²) < 4.78 is 85.0. The molecule has 1 saturated carbocycles. The van der Waals surface area contributed by atoms with Crippen LogP contribution in [0.5, 0.6) is 0 Å². The molecule has 3 unspecified atom stereocenters. The van der Waals surface area contributed by atoms with Gasteiger partial charge in [-0.25, -0.2) is 0 Å². The van der Waals surface area contributed by atoms with Gasteiger partial charge in [-0.15, -0.1) is 0 Å². The van der Waals surface area contributed by atoms with Crippen LogP contribution in [-0.4, -0.2) is 3.21 Å². The van der Waals surface area contributed by atoms with Gasteiger partial charge in [0.05, 0.1) is 0 Å².